The first-order chi connectivity index (χ1) is 11.7. The van der Waals surface area contributed by atoms with Gasteiger partial charge in [-0.3, -0.25) is 14.5 Å². The van der Waals surface area contributed by atoms with Gasteiger partial charge in [-0.15, -0.1) is 0 Å². The lowest BCUT2D eigenvalue weighted by Gasteiger charge is -2.32. The standard InChI is InChI=1S/C17H23N5O2/c1-3-22-16(6-7-19-22)15-10-18-9-14(20-15)13-5-4-8-21(11-13)17(23)12-24-2/h6-7,9-10,13H,3-5,8,11-12H2,1-2H3/t13-/m0/s1. The molecule has 3 heterocycles. The summed E-state index contributed by atoms with van der Waals surface area (Å²) in [5.41, 5.74) is 2.73. The second-order valence-corrected chi connectivity index (χ2v) is 5.97. The fraction of sp³-hybridized carbons (Fsp3) is 0.529. The second-order valence-electron chi connectivity index (χ2n) is 5.97. The summed E-state index contributed by atoms with van der Waals surface area (Å²) < 4.78 is 6.87. The van der Waals surface area contributed by atoms with Crippen molar-refractivity contribution < 1.29 is 9.53 Å². The molecule has 2 aromatic rings. The minimum absolute atomic E-state index is 0.0374. The Balaban J connectivity index is 1.80. The zero-order valence-electron chi connectivity index (χ0n) is 14.2. The van der Waals surface area contributed by atoms with Gasteiger partial charge in [0.2, 0.25) is 5.91 Å². The van der Waals surface area contributed by atoms with Crippen LogP contribution in [0.2, 0.25) is 0 Å². The van der Waals surface area contributed by atoms with Crippen LogP contribution in [0.5, 0.6) is 0 Å². The van der Waals surface area contributed by atoms with Gasteiger partial charge >= 0.3 is 0 Å². The molecule has 7 heteroatoms. The highest BCUT2D eigenvalue weighted by Crippen LogP contribution is 2.27. The summed E-state index contributed by atoms with van der Waals surface area (Å²) in [5.74, 6) is 0.250. The molecule has 7 nitrogen and oxygen atoms in total. The number of carbonyl (C=O) groups is 1. The monoisotopic (exact) mass is 329 g/mol. The zero-order valence-corrected chi connectivity index (χ0v) is 14.2. The second kappa shape index (κ2) is 7.53. The summed E-state index contributed by atoms with van der Waals surface area (Å²) in [5, 5.41) is 4.29. The van der Waals surface area contributed by atoms with E-state index < -0.39 is 0 Å². The molecule has 0 aliphatic carbocycles. The molecule has 128 valence electrons. The summed E-state index contributed by atoms with van der Waals surface area (Å²) in [6.45, 7) is 4.43. The van der Waals surface area contributed by atoms with E-state index in [0.29, 0.717) is 6.54 Å². The number of aryl methyl sites for hydroxylation is 1. The number of amides is 1. The number of ether oxygens (including phenoxy) is 1. The number of piperidine rings is 1. The molecule has 3 rings (SSSR count). The third-order valence-electron chi connectivity index (χ3n) is 4.39. The fourth-order valence-corrected chi connectivity index (χ4v) is 3.16. The number of carbonyl (C=O) groups excluding carboxylic acids is 1. The number of nitrogens with zero attached hydrogens (tertiary/aromatic N) is 5. The van der Waals surface area contributed by atoms with Crippen LogP contribution < -0.4 is 0 Å². The van der Waals surface area contributed by atoms with E-state index in [1.54, 1.807) is 19.5 Å². The van der Waals surface area contributed by atoms with Crippen molar-refractivity contribution in [2.45, 2.75) is 32.2 Å². The molecule has 0 N–H and O–H groups in total. The van der Waals surface area contributed by atoms with Crippen LogP contribution in [0, 0.1) is 0 Å². The lowest BCUT2D eigenvalue weighted by molar-refractivity contribution is -0.136. The average Bonchev–Trinajstić information content (AvgIpc) is 3.11. The Labute approximate surface area is 141 Å². The summed E-state index contributed by atoms with van der Waals surface area (Å²) >= 11 is 0. The Bertz CT molecular complexity index is 700. The summed E-state index contributed by atoms with van der Waals surface area (Å²) in [7, 11) is 1.55. The van der Waals surface area contributed by atoms with E-state index in [4.69, 9.17) is 9.72 Å². The lowest BCUT2D eigenvalue weighted by atomic mass is 9.95. The Kier molecular flexibility index (Phi) is 5.20. The van der Waals surface area contributed by atoms with E-state index in [2.05, 4.69) is 10.1 Å². The molecule has 0 bridgehead atoms. The highest BCUT2D eigenvalue weighted by Gasteiger charge is 2.26. The van der Waals surface area contributed by atoms with Gasteiger partial charge in [0.1, 0.15) is 12.3 Å². The molecule has 0 spiro atoms. The van der Waals surface area contributed by atoms with E-state index >= 15 is 0 Å². The minimum atomic E-state index is 0.0374. The molecule has 1 aliphatic rings. The summed E-state index contributed by atoms with van der Waals surface area (Å²) in [6, 6.07) is 1.95. The quantitative estimate of drug-likeness (QED) is 0.835. The molecular formula is C17H23N5O2. The van der Waals surface area contributed by atoms with Crippen LogP contribution in [0.4, 0.5) is 0 Å². The summed E-state index contributed by atoms with van der Waals surface area (Å²) in [4.78, 5) is 23.1. The van der Waals surface area contributed by atoms with Gasteiger partial charge in [0.25, 0.3) is 0 Å². The van der Waals surface area contributed by atoms with Crippen LogP contribution in [-0.2, 0) is 16.1 Å². The van der Waals surface area contributed by atoms with Gasteiger partial charge in [-0.05, 0) is 25.8 Å². The van der Waals surface area contributed by atoms with E-state index in [9.17, 15) is 4.79 Å². The van der Waals surface area contributed by atoms with Crippen molar-refractivity contribution in [2.75, 3.05) is 26.8 Å². The van der Waals surface area contributed by atoms with Crippen LogP contribution in [0.1, 0.15) is 31.4 Å². The maximum Gasteiger partial charge on any atom is 0.248 e. The first kappa shape index (κ1) is 16.6. The van der Waals surface area contributed by atoms with E-state index in [1.165, 1.54) is 0 Å². The molecule has 0 aromatic carbocycles. The molecule has 0 radical (unpaired) electrons. The molecule has 1 atom stereocenters. The van der Waals surface area contributed by atoms with Crippen LogP contribution >= 0.6 is 0 Å². The smallest absolute Gasteiger partial charge is 0.248 e. The van der Waals surface area contributed by atoms with E-state index in [1.807, 2.05) is 28.8 Å². The fourth-order valence-electron chi connectivity index (χ4n) is 3.16. The number of rotatable bonds is 5. The number of methoxy groups -OCH3 is 1. The number of hydrogen-bond donors (Lipinski definition) is 0. The third-order valence-corrected chi connectivity index (χ3v) is 4.39. The van der Waals surface area contributed by atoms with Gasteiger partial charge in [-0.25, -0.2) is 4.98 Å². The van der Waals surface area contributed by atoms with Crippen molar-refractivity contribution >= 4 is 5.91 Å². The largest absolute Gasteiger partial charge is 0.375 e. The van der Waals surface area contributed by atoms with Crippen LogP contribution in [0.15, 0.2) is 24.7 Å². The normalized spacial score (nSPS) is 17.9. The Morgan fingerprint density at radius 1 is 1.42 bits per heavy atom. The molecule has 0 unspecified atom stereocenters. The van der Waals surface area contributed by atoms with Crippen molar-refractivity contribution in [1.29, 1.82) is 0 Å². The van der Waals surface area contributed by atoms with Crippen LogP contribution in [0.25, 0.3) is 11.4 Å². The molecule has 0 saturated carbocycles. The van der Waals surface area contributed by atoms with Gasteiger partial charge in [-0.2, -0.15) is 5.10 Å². The maximum atomic E-state index is 12.1. The SMILES string of the molecule is CCn1nccc1-c1cncc([C@H]2CCCN(C(=O)COC)C2)n1. The molecule has 1 fully saturated rings. The minimum Gasteiger partial charge on any atom is -0.375 e. The summed E-state index contributed by atoms with van der Waals surface area (Å²) in [6.07, 6.45) is 7.34. The van der Waals surface area contributed by atoms with Crippen LogP contribution in [0.3, 0.4) is 0 Å². The van der Waals surface area contributed by atoms with Gasteiger partial charge in [0.05, 0.1) is 17.6 Å². The predicted molar refractivity (Wildman–Crippen MR) is 89.4 cm³/mol. The molecule has 24 heavy (non-hydrogen) atoms. The predicted octanol–water partition coefficient (Wildman–Crippen LogP) is 1.71. The topological polar surface area (TPSA) is 73.1 Å². The maximum absolute atomic E-state index is 12.1. The van der Waals surface area contributed by atoms with Crippen molar-refractivity contribution in [3.8, 4) is 11.4 Å². The first-order valence-corrected chi connectivity index (χ1v) is 8.33. The molecule has 2 aromatic heterocycles. The van der Waals surface area contributed by atoms with Crippen molar-refractivity contribution in [2.24, 2.45) is 0 Å². The Hall–Kier alpha value is -2.28. The third kappa shape index (κ3) is 3.46. The molecule has 1 saturated heterocycles. The number of likely N-dealkylation sites (tertiary alicyclic amines) is 1. The van der Waals surface area contributed by atoms with Crippen molar-refractivity contribution in [3.63, 3.8) is 0 Å². The Morgan fingerprint density at radius 2 is 2.29 bits per heavy atom. The van der Waals surface area contributed by atoms with Crippen LogP contribution in [-0.4, -0.2) is 57.4 Å². The van der Waals surface area contributed by atoms with Gasteiger partial charge in [-0.1, -0.05) is 0 Å². The Morgan fingerprint density at radius 3 is 3.08 bits per heavy atom. The molecule has 1 aliphatic heterocycles. The first-order valence-electron chi connectivity index (χ1n) is 8.33. The zero-order chi connectivity index (χ0) is 16.9. The van der Waals surface area contributed by atoms with Gasteiger partial charge in [0, 0.05) is 45.1 Å². The van der Waals surface area contributed by atoms with Gasteiger partial charge < -0.3 is 9.64 Å². The molecular weight excluding hydrogens is 306 g/mol. The number of hydrogen-bond acceptors (Lipinski definition) is 5. The lowest BCUT2D eigenvalue weighted by Crippen LogP contribution is -2.41. The number of aromatic nitrogens is 4. The van der Waals surface area contributed by atoms with E-state index in [-0.39, 0.29) is 18.4 Å². The van der Waals surface area contributed by atoms with Gasteiger partial charge in [0.15, 0.2) is 0 Å². The average molecular weight is 329 g/mol. The van der Waals surface area contributed by atoms with Crippen molar-refractivity contribution in [3.05, 3.63) is 30.4 Å². The van der Waals surface area contributed by atoms with Crippen molar-refractivity contribution in [1.82, 2.24) is 24.6 Å². The molecule has 1 amide bonds. The highest BCUT2D eigenvalue weighted by atomic mass is 16.5. The highest BCUT2D eigenvalue weighted by molar-refractivity contribution is 5.77. The van der Waals surface area contributed by atoms with E-state index in [0.717, 1.165) is 43.0 Å².